The fraction of sp³-hybridized carbons (Fsp3) is 0.280. The number of hydrogen-bond acceptors (Lipinski definition) is 5. The van der Waals surface area contributed by atoms with Gasteiger partial charge < -0.3 is 4.57 Å². The molecule has 3 nitrogen and oxygen atoms in total. The van der Waals surface area contributed by atoms with Crippen molar-refractivity contribution in [3.05, 3.63) is 87.0 Å². The van der Waals surface area contributed by atoms with Crippen LogP contribution in [0.25, 0.3) is 10.2 Å². The van der Waals surface area contributed by atoms with Crippen LogP contribution >= 0.6 is 34.9 Å². The van der Waals surface area contributed by atoms with Gasteiger partial charge >= 0.3 is 0 Å². The highest BCUT2D eigenvalue weighted by molar-refractivity contribution is 8.03. The third-order valence-corrected chi connectivity index (χ3v) is 10.0. The molecular formula is C25H22N2OS3. The molecule has 0 radical (unpaired) electrons. The van der Waals surface area contributed by atoms with Crippen LogP contribution in [-0.4, -0.2) is 20.6 Å². The Balaban J connectivity index is 1.57. The number of thiophene rings is 1. The predicted molar refractivity (Wildman–Crippen MR) is 132 cm³/mol. The van der Waals surface area contributed by atoms with E-state index in [-0.39, 0.29) is 11.6 Å². The minimum atomic E-state index is -0.0332. The Hall–Kier alpha value is -2.02. The number of fused-ring (bicyclic) bond motifs is 5. The van der Waals surface area contributed by atoms with Crippen LogP contribution in [-0.2, 0) is 12.8 Å². The number of aryl methyl sites for hydroxylation is 2. The summed E-state index contributed by atoms with van der Waals surface area (Å²) in [6.07, 6.45) is 4.49. The molecule has 1 aliphatic carbocycles. The summed E-state index contributed by atoms with van der Waals surface area (Å²) < 4.78 is 2.39. The SMILES string of the molecule is O=c1nc2n(c3sc4c(c13)CCCC4)[C@H](c1ccccc1)[C@@H](Sc1ccccc1)CS2. The van der Waals surface area contributed by atoms with Crippen LogP contribution in [0.5, 0.6) is 0 Å². The average molecular weight is 463 g/mol. The second-order valence-corrected chi connectivity index (χ2v) is 11.5. The number of aromatic nitrogens is 2. The number of thioether (sulfide) groups is 2. The largest absolute Gasteiger partial charge is 0.303 e. The molecule has 0 saturated heterocycles. The number of nitrogens with zero attached hydrogens (tertiary/aromatic N) is 2. The molecule has 3 heterocycles. The van der Waals surface area contributed by atoms with E-state index >= 15 is 0 Å². The van der Waals surface area contributed by atoms with Crippen LogP contribution in [0.3, 0.4) is 0 Å². The molecule has 2 aliphatic rings. The topological polar surface area (TPSA) is 34.9 Å². The molecule has 4 aromatic rings. The van der Waals surface area contributed by atoms with E-state index in [0.29, 0.717) is 5.25 Å². The van der Waals surface area contributed by atoms with Gasteiger partial charge in [0.1, 0.15) is 4.83 Å². The first-order valence-corrected chi connectivity index (χ1v) is 13.4. The first-order valence-electron chi connectivity index (χ1n) is 10.8. The number of benzene rings is 2. The van der Waals surface area contributed by atoms with E-state index in [1.54, 1.807) is 11.8 Å². The monoisotopic (exact) mass is 462 g/mol. The predicted octanol–water partition coefficient (Wildman–Crippen LogP) is 6.19. The molecule has 6 rings (SSSR count). The Morgan fingerprint density at radius 1 is 0.968 bits per heavy atom. The van der Waals surface area contributed by atoms with Gasteiger partial charge in [-0.05, 0) is 48.9 Å². The fourth-order valence-corrected chi connectivity index (χ4v) is 8.78. The van der Waals surface area contributed by atoms with E-state index in [1.165, 1.54) is 33.7 Å². The maximum absolute atomic E-state index is 13.1. The van der Waals surface area contributed by atoms with E-state index in [1.807, 2.05) is 23.1 Å². The van der Waals surface area contributed by atoms with Crippen molar-refractivity contribution in [1.82, 2.24) is 9.55 Å². The summed E-state index contributed by atoms with van der Waals surface area (Å²) in [5.41, 5.74) is 2.53. The lowest BCUT2D eigenvalue weighted by Crippen LogP contribution is -2.32. The molecule has 2 aromatic carbocycles. The Labute approximate surface area is 193 Å². The van der Waals surface area contributed by atoms with Gasteiger partial charge in [-0.2, -0.15) is 4.98 Å². The molecule has 1 aliphatic heterocycles. The van der Waals surface area contributed by atoms with Crippen molar-refractivity contribution in [3.8, 4) is 0 Å². The van der Waals surface area contributed by atoms with Crippen LogP contribution in [0.4, 0.5) is 0 Å². The Morgan fingerprint density at radius 2 is 1.71 bits per heavy atom. The van der Waals surface area contributed by atoms with Crippen LogP contribution in [0.2, 0.25) is 0 Å². The summed E-state index contributed by atoms with van der Waals surface area (Å²) in [4.78, 5) is 21.5. The van der Waals surface area contributed by atoms with Gasteiger partial charge in [-0.3, -0.25) is 4.79 Å². The van der Waals surface area contributed by atoms with Gasteiger partial charge in [-0.25, -0.2) is 0 Å². The second-order valence-electron chi connectivity index (χ2n) is 8.10. The van der Waals surface area contributed by atoms with Crippen LogP contribution in [0.1, 0.15) is 34.9 Å². The molecule has 0 bridgehead atoms. The molecule has 31 heavy (non-hydrogen) atoms. The van der Waals surface area contributed by atoms with Gasteiger partial charge in [0.05, 0.1) is 11.4 Å². The van der Waals surface area contributed by atoms with Crippen molar-refractivity contribution in [2.75, 3.05) is 5.75 Å². The van der Waals surface area contributed by atoms with Crippen molar-refractivity contribution in [2.45, 2.75) is 47.0 Å². The zero-order valence-electron chi connectivity index (χ0n) is 17.0. The Morgan fingerprint density at radius 3 is 2.52 bits per heavy atom. The fourth-order valence-electron chi connectivity index (χ4n) is 4.77. The summed E-state index contributed by atoms with van der Waals surface area (Å²) in [6, 6.07) is 21.6. The molecule has 2 aromatic heterocycles. The molecule has 6 heteroatoms. The molecular weight excluding hydrogens is 440 g/mol. The average Bonchev–Trinajstić information content (AvgIpc) is 3.21. The van der Waals surface area contributed by atoms with E-state index in [9.17, 15) is 4.79 Å². The lowest BCUT2D eigenvalue weighted by Gasteiger charge is -2.35. The van der Waals surface area contributed by atoms with E-state index < -0.39 is 0 Å². The van der Waals surface area contributed by atoms with Crippen molar-refractivity contribution in [1.29, 1.82) is 0 Å². The highest BCUT2D eigenvalue weighted by Crippen LogP contribution is 2.46. The van der Waals surface area contributed by atoms with Crippen molar-refractivity contribution in [2.24, 2.45) is 0 Å². The van der Waals surface area contributed by atoms with Gasteiger partial charge in [0, 0.05) is 20.8 Å². The van der Waals surface area contributed by atoms with Gasteiger partial charge in [-0.1, -0.05) is 60.3 Å². The zero-order valence-corrected chi connectivity index (χ0v) is 19.4. The molecule has 156 valence electrons. The Kier molecular flexibility index (Phi) is 5.17. The maximum atomic E-state index is 13.1. The highest BCUT2D eigenvalue weighted by Gasteiger charge is 2.35. The normalized spacial score (nSPS) is 20.4. The first kappa shape index (κ1) is 19.6. The second kappa shape index (κ2) is 8.15. The van der Waals surface area contributed by atoms with E-state index in [4.69, 9.17) is 0 Å². The highest BCUT2D eigenvalue weighted by atomic mass is 32.2. The molecule has 0 spiro atoms. The van der Waals surface area contributed by atoms with E-state index in [0.717, 1.165) is 34.0 Å². The minimum Gasteiger partial charge on any atom is -0.303 e. The first-order chi connectivity index (χ1) is 15.3. The summed E-state index contributed by atoms with van der Waals surface area (Å²) in [6.45, 7) is 0. The van der Waals surface area contributed by atoms with Crippen molar-refractivity contribution < 1.29 is 0 Å². The van der Waals surface area contributed by atoms with Crippen LogP contribution in [0, 0.1) is 0 Å². The van der Waals surface area contributed by atoms with Gasteiger partial charge in [0.25, 0.3) is 5.56 Å². The quantitative estimate of drug-likeness (QED) is 0.340. The molecule has 0 unspecified atom stereocenters. The van der Waals surface area contributed by atoms with Crippen LogP contribution in [0.15, 0.2) is 75.5 Å². The molecule has 0 amide bonds. The van der Waals surface area contributed by atoms with Crippen molar-refractivity contribution in [3.63, 3.8) is 0 Å². The number of hydrogen-bond donors (Lipinski definition) is 0. The molecule has 0 N–H and O–H groups in total. The Bertz CT molecular complexity index is 1300. The standard InChI is InChI=1S/C25H22N2OS3/c28-23-21-18-13-7-8-14-19(18)31-24(21)27-22(16-9-3-1-4-10-16)20(15-29-25(27)26-23)30-17-11-5-2-6-12-17/h1-6,9-12,20,22H,7-8,13-15H2/t20-,22+/m0/s1. The smallest absolute Gasteiger partial charge is 0.282 e. The minimum absolute atomic E-state index is 0.0332. The lowest BCUT2D eigenvalue weighted by atomic mass is 9.97. The van der Waals surface area contributed by atoms with E-state index in [2.05, 4.69) is 70.2 Å². The summed E-state index contributed by atoms with van der Waals surface area (Å²) in [5, 5.41) is 2.11. The third-order valence-electron chi connectivity index (χ3n) is 6.17. The third kappa shape index (κ3) is 3.45. The van der Waals surface area contributed by atoms with Gasteiger partial charge in [0.15, 0.2) is 5.16 Å². The molecule has 0 fully saturated rings. The number of rotatable bonds is 3. The zero-order chi connectivity index (χ0) is 20.8. The van der Waals surface area contributed by atoms with Crippen molar-refractivity contribution >= 4 is 45.1 Å². The summed E-state index contributed by atoms with van der Waals surface area (Å²) in [5.74, 6) is 0.933. The van der Waals surface area contributed by atoms with Gasteiger partial charge in [0.2, 0.25) is 0 Å². The van der Waals surface area contributed by atoms with Gasteiger partial charge in [-0.15, -0.1) is 23.1 Å². The maximum Gasteiger partial charge on any atom is 0.282 e. The van der Waals surface area contributed by atoms with Crippen LogP contribution < -0.4 is 5.56 Å². The summed E-state index contributed by atoms with van der Waals surface area (Å²) >= 11 is 5.50. The molecule has 2 atom stereocenters. The molecule has 0 saturated carbocycles. The summed E-state index contributed by atoms with van der Waals surface area (Å²) in [7, 11) is 0. The lowest BCUT2D eigenvalue weighted by molar-refractivity contribution is 0.526.